The smallest absolute Gasteiger partial charge is 0.225 e. The van der Waals surface area contributed by atoms with E-state index in [4.69, 9.17) is 5.73 Å². The lowest BCUT2D eigenvalue weighted by atomic mass is 9.94. The van der Waals surface area contributed by atoms with Gasteiger partial charge in [0.25, 0.3) is 0 Å². The van der Waals surface area contributed by atoms with E-state index in [1.54, 1.807) is 4.90 Å². The summed E-state index contributed by atoms with van der Waals surface area (Å²) in [6.07, 6.45) is 22.3. The van der Waals surface area contributed by atoms with E-state index in [2.05, 4.69) is 6.92 Å². The Labute approximate surface area is 164 Å². The molecule has 0 aromatic rings. The van der Waals surface area contributed by atoms with Gasteiger partial charge in [0.15, 0.2) is 0 Å². The first-order chi connectivity index (χ1) is 12.6. The molecular formula is C23H48N2O. The number of nitrogens with two attached hydrogens (primary N) is 1. The topological polar surface area (TPSA) is 46.3 Å². The minimum absolute atomic E-state index is 0.186. The molecule has 0 aliphatic heterocycles. The van der Waals surface area contributed by atoms with Crippen LogP contribution in [0.5, 0.6) is 0 Å². The summed E-state index contributed by atoms with van der Waals surface area (Å²) in [6, 6.07) is 0. The van der Waals surface area contributed by atoms with Crippen LogP contribution in [0.2, 0.25) is 0 Å². The molecule has 0 radical (unpaired) electrons. The van der Waals surface area contributed by atoms with E-state index in [9.17, 15) is 4.79 Å². The van der Waals surface area contributed by atoms with Crippen molar-refractivity contribution in [3.63, 3.8) is 0 Å². The van der Waals surface area contributed by atoms with E-state index in [0.29, 0.717) is 6.54 Å². The van der Waals surface area contributed by atoms with Crippen LogP contribution in [0.25, 0.3) is 0 Å². The zero-order valence-electron chi connectivity index (χ0n) is 18.2. The van der Waals surface area contributed by atoms with Crippen LogP contribution in [0.1, 0.15) is 116 Å². The normalized spacial score (nSPS) is 12.3. The van der Waals surface area contributed by atoms with E-state index < -0.39 is 0 Å². The molecule has 0 spiro atoms. The summed E-state index contributed by atoms with van der Waals surface area (Å²) in [4.78, 5) is 13.9. The Morgan fingerprint density at radius 2 is 1.08 bits per heavy atom. The Hall–Kier alpha value is -0.570. The first-order valence-electron chi connectivity index (χ1n) is 11.5. The first-order valence-corrected chi connectivity index (χ1v) is 11.5. The number of rotatable bonds is 19. The highest BCUT2D eigenvalue weighted by Crippen LogP contribution is 2.19. The van der Waals surface area contributed by atoms with Crippen molar-refractivity contribution in [3.8, 4) is 0 Å². The zero-order chi connectivity index (χ0) is 19.5. The van der Waals surface area contributed by atoms with E-state index in [-0.39, 0.29) is 11.8 Å². The van der Waals surface area contributed by atoms with Gasteiger partial charge in [0.05, 0.1) is 0 Å². The molecule has 3 heteroatoms. The standard InChI is InChI=1S/C23H48N2O/c1-4-5-6-7-8-9-10-11-12-13-14-15-16-17-19-22(20-18-21-24)23(26)25(2)3/h22H,4-21,24H2,1-3H3. The molecule has 156 valence electrons. The van der Waals surface area contributed by atoms with Crippen molar-refractivity contribution in [1.82, 2.24) is 4.90 Å². The van der Waals surface area contributed by atoms with Crippen molar-refractivity contribution in [2.75, 3.05) is 20.6 Å². The van der Waals surface area contributed by atoms with Gasteiger partial charge in [-0.05, 0) is 25.8 Å². The van der Waals surface area contributed by atoms with Crippen LogP contribution in [-0.2, 0) is 4.79 Å². The van der Waals surface area contributed by atoms with Gasteiger partial charge >= 0.3 is 0 Å². The molecule has 1 atom stereocenters. The molecule has 0 rings (SSSR count). The molecule has 0 aromatic carbocycles. The molecule has 26 heavy (non-hydrogen) atoms. The Bertz CT molecular complexity index is 305. The maximum atomic E-state index is 12.2. The van der Waals surface area contributed by atoms with Crippen LogP contribution in [0.3, 0.4) is 0 Å². The minimum Gasteiger partial charge on any atom is -0.349 e. The fourth-order valence-electron chi connectivity index (χ4n) is 3.71. The summed E-state index contributed by atoms with van der Waals surface area (Å²) in [6.45, 7) is 2.97. The van der Waals surface area contributed by atoms with Crippen molar-refractivity contribution >= 4 is 5.91 Å². The van der Waals surface area contributed by atoms with Gasteiger partial charge in [-0.3, -0.25) is 4.79 Å². The Kier molecular flexibility index (Phi) is 18.8. The van der Waals surface area contributed by atoms with Gasteiger partial charge in [-0.2, -0.15) is 0 Å². The van der Waals surface area contributed by atoms with Crippen LogP contribution in [0.4, 0.5) is 0 Å². The largest absolute Gasteiger partial charge is 0.349 e. The van der Waals surface area contributed by atoms with Gasteiger partial charge in [0, 0.05) is 20.0 Å². The predicted octanol–water partition coefficient (Wildman–Crippen LogP) is 6.30. The number of nitrogens with zero attached hydrogens (tertiary/aromatic N) is 1. The molecular weight excluding hydrogens is 320 g/mol. The second-order valence-electron chi connectivity index (χ2n) is 8.25. The Morgan fingerprint density at radius 1 is 0.692 bits per heavy atom. The van der Waals surface area contributed by atoms with Crippen molar-refractivity contribution in [1.29, 1.82) is 0 Å². The Balaban J connectivity index is 3.46. The summed E-state index contributed by atoms with van der Waals surface area (Å²) in [5.41, 5.74) is 5.61. The van der Waals surface area contributed by atoms with Crippen LogP contribution >= 0.6 is 0 Å². The SMILES string of the molecule is CCCCCCCCCCCCCCCCC(CCCN)C(=O)N(C)C. The third-order valence-electron chi connectivity index (χ3n) is 5.45. The second-order valence-corrected chi connectivity index (χ2v) is 8.25. The fourth-order valence-corrected chi connectivity index (χ4v) is 3.71. The molecule has 0 bridgehead atoms. The lowest BCUT2D eigenvalue weighted by Gasteiger charge is -2.20. The molecule has 2 N–H and O–H groups in total. The number of amides is 1. The average molecular weight is 369 g/mol. The molecule has 3 nitrogen and oxygen atoms in total. The van der Waals surface area contributed by atoms with Crippen LogP contribution in [0.15, 0.2) is 0 Å². The number of hydrogen-bond donors (Lipinski definition) is 1. The molecule has 1 amide bonds. The number of unbranched alkanes of at least 4 members (excludes halogenated alkanes) is 13. The highest BCUT2D eigenvalue weighted by atomic mass is 16.2. The summed E-state index contributed by atoms with van der Waals surface area (Å²) in [5, 5.41) is 0. The molecule has 0 saturated carbocycles. The first kappa shape index (κ1) is 25.4. The third-order valence-corrected chi connectivity index (χ3v) is 5.45. The van der Waals surface area contributed by atoms with Gasteiger partial charge in [-0.25, -0.2) is 0 Å². The number of carbonyl (C=O) groups excluding carboxylic acids is 1. The van der Waals surface area contributed by atoms with Crippen LogP contribution in [-0.4, -0.2) is 31.4 Å². The van der Waals surface area contributed by atoms with Gasteiger partial charge in [-0.15, -0.1) is 0 Å². The lowest BCUT2D eigenvalue weighted by Crippen LogP contribution is -2.30. The van der Waals surface area contributed by atoms with Gasteiger partial charge in [0.1, 0.15) is 0 Å². The summed E-state index contributed by atoms with van der Waals surface area (Å²) >= 11 is 0. The number of carbonyl (C=O) groups is 1. The van der Waals surface area contributed by atoms with Crippen LogP contribution in [0, 0.1) is 5.92 Å². The highest BCUT2D eigenvalue weighted by molar-refractivity contribution is 5.78. The molecule has 0 aliphatic carbocycles. The molecule has 1 unspecified atom stereocenters. The predicted molar refractivity (Wildman–Crippen MR) is 115 cm³/mol. The minimum atomic E-state index is 0.186. The molecule has 0 aliphatic rings. The summed E-state index contributed by atoms with van der Waals surface area (Å²) < 4.78 is 0. The molecule has 0 aromatic heterocycles. The van der Waals surface area contributed by atoms with Crippen molar-refractivity contribution in [2.24, 2.45) is 11.7 Å². The van der Waals surface area contributed by atoms with Crippen molar-refractivity contribution < 1.29 is 4.79 Å². The van der Waals surface area contributed by atoms with Crippen LogP contribution < -0.4 is 5.73 Å². The van der Waals surface area contributed by atoms with Crippen molar-refractivity contribution in [3.05, 3.63) is 0 Å². The van der Waals surface area contributed by atoms with Gasteiger partial charge < -0.3 is 10.6 Å². The summed E-state index contributed by atoms with van der Waals surface area (Å²) in [5.74, 6) is 0.471. The monoisotopic (exact) mass is 368 g/mol. The second kappa shape index (κ2) is 19.2. The maximum Gasteiger partial charge on any atom is 0.225 e. The molecule has 0 heterocycles. The summed E-state index contributed by atoms with van der Waals surface area (Å²) in [7, 11) is 3.73. The van der Waals surface area contributed by atoms with Gasteiger partial charge in [0.2, 0.25) is 5.91 Å². The van der Waals surface area contributed by atoms with Crippen molar-refractivity contribution in [2.45, 2.75) is 116 Å². The lowest BCUT2D eigenvalue weighted by molar-refractivity contribution is -0.133. The fraction of sp³-hybridized carbons (Fsp3) is 0.957. The highest BCUT2D eigenvalue weighted by Gasteiger charge is 2.18. The van der Waals surface area contributed by atoms with E-state index in [1.807, 2.05) is 14.1 Å². The third kappa shape index (κ3) is 15.7. The van der Waals surface area contributed by atoms with E-state index in [1.165, 1.54) is 89.9 Å². The van der Waals surface area contributed by atoms with Gasteiger partial charge in [-0.1, -0.05) is 96.8 Å². The average Bonchev–Trinajstić information content (AvgIpc) is 2.63. The molecule has 0 saturated heterocycles. The van der Waals surface area contributed by atoms with E-state index in [0.717, 1.165) is 19.3 Å². The number of hydrogen-bond acceptors (Lipinski definition) is 2. The van der Waals surface area contributed by atoms with E-state index >= 15 is 0 Å². The zero-order valence-corrected chi connectivity index (χ0v) is 18.2. The Morgan fingerprint density at radius 3 is 1.46 bits per heavy atom. The maximum absolute atomic E-state index is 12.2. The molecule has 0 fully saturated rings. The quantitative estimate of drug-likeness (QED) is 0.272.